The molecular formula is C11H20N2O. The first-order valence-corrected chi connectivity index (χ1v) is 5.80. The highest BCUT2D eigenvalue weighted by Gasteiger charge is 2.27. The third-order valence-corrected chi connectivity index (χ3v) is 3.37. The van der Waals surface area contributed by atoms with Crippen molar-refractivity contribution in [1.82, 2.24) is 5.32 Å². The molecule has 1 amide bonds. The summed E-state index contributed by atoms with van der Waals surface area (Å²) in [7, 11) is 0. The van der Waals surface area contributed by atoms with Crippen LogP contribution in [0.3, 0.4) is 0 Å². The summed E-state index contributed by atoms with van der Waals surface area (Å²) in [6.07, 6.45) is 7.87. The molecule has 80 valence electrons. The second-order valence-electron chi connectivity index (χ2n) is 4.75. The largest absolute Gasteiger partial charge is 0.353 e. The maximum atomic E-state index is 11.5. The number of hydrogen-bond donors (Lipinski definition) is 2. The predicted octanol–water partition coefficient (Wildman–Crippen LogP) is 1.17. The van der Waals surface area contributed by atoms with Gasteiger partial charge in [-0.05, 0) is 31.6 Å². The molecule has 0 aromatic carbocycles. The number of hydrogen-bond acceptors (Lipinski definition) is 2. The molecular weight excluding hydrogens is 176 g/mol. The zero-order valence-electron chi connectivity index (χ0n) is 8.67. The Morgan fingerprint density at radius 1 is 1.29 bits per heavy atom. The molecule has 1 unspecified atom stereocenters. The molecule has 0 radical (unpaired) electrons. The van der Waals surface area contributed by atoms with E-state index in [9.17, 15) is 4.79 Å². The number of rotatable bonds is 4. The van der Waals surface area contributed by atoms with Crippen molar-refractivity contribution >= 4 is 5.91 Å². The monoisotopic (exact) mass is 196 g/mol. The SMILES string of the molecule is NC(CC(=O)NC1CC1)C1CCCC1. The number of nitrogens with two attached hydrogens (primary N) is 1. The lowest BCUT2D eigenvalue weighted by atomic mass is 9.96. The summed E-state index contributed by atoms with van der Waals surface area (Å²) in [4.78, 5) is 11.5. The second-order valence-corrected chi connectivity index (χ2v) is 4.75. The highest BCUT2D eigenvalue weighted by Crippen LogP contribution is 2.28. The third kappa shape index (κ3) is 2.71. The van der Waals surface area contributed by atoms with Gasteiger partial charge in [0.1, 0.15) is 0 Å². The maximum absolute atomic E-state index is 11.5. The van der Waals surface area contributed by atoms with Gasteiger partial charge in [-0.1, -0.05) is 12.8 Å². The highest BCUT2D eigenvalue weighted by atomic mass is 16.1. The molecule has 0 heterocycles. The van der Waals surface area contributed by atoms with Gasteiger partial charge in [-0.3, -0.25) is 4.79 Å². The van der Waals surface area contributed by atoms with Crippen molar-refractivity contribution in [3.8, 4) is 0 Å². The predicted molar refractivity (Wildman–Crippen MR) is 55.7 cm³/mol. The lowest BCUT2D eigenvalue weighted by molar-refractivity contribution is -0.121. The molecule has 2 rings (SSSR count). The van der Waals surface area contributed by atoms with Crippen LogP contribution in [0.1, 0.15) is 44.9 Å². The maximum Gasteiger partial charge on any atom is 0.221 e. The number of nitrogens with one attached hydrogen (secondary N) is 1. The average molecular weight is 196 g/mol. The summed E-state index contributed by atoms with van der Waals surface area (Å²) in [5.41, 5.74) is 6.02. The second kappa shape index (κ2) is 4.30. The van der Waals surface area contributed by atoms with Crippen molar-refractivity contribution in [3.63, 3.8) is 0 Å². The molecule has 0 aromatic rings. The summed E-state index contributed by atoms with van der Waals surface area (Å²) < 4.78 is 0. The standard InChI is InChI=1S/C11H20N2O/c12-10(8-3-1-2-4-8)7-11(14)13-9-5-6-9/h8-10H,1-7,12H2,(H,13,14). The van der Waals surface area contributed by atoms with Gasteiger partial charge >= 0.3 is 0 Å². The normalized spacial score (nSPS) is 24.9. The Morgan fingerprint density at radius 2 is 1.93 bits per heavy atom. The molecule has 0 aromatic heterocycles. The lowest BCUT2D eigenvalue weighted by Gasteiger charge is -2.17. The van der Waals surface area contributed by atoms with Crippen LogP contribution in [0.15, 0.2) is 0 Å². The molecule has 2 aliphatic rings. The highest BCUT2D eigenvalue weighted by molar-refractivity contribution is 5.77. The Balaban J connectivity index is 1.69. The van der Waals surface area contributed by atoms with Crippen LogP contribution in [-0.2, 0) is 4.79 Å². The number of carbonyl (C=O) groups is 1. The topological polar surface area (TPSA) is 55.1 Å². The number of amides is 1. The van der Waals surface area contributed by atoms with Crippen LogP contribution in [0, 0.1) is 5.92 Å². The molecule has 3 nitrogen and oxygen atoms in total. The summed E-state index contributed by atoms with van der Waals surface area (Å²) >= 11 is 0. The minimum atomic E-state index is 0.0937. The Kier molecular flexibility index (Phi) is 3.06. The molecule has 0 bridgehead atoms. The van der Waals surface area contributed by atoms with Crippen molar-refractivity contribution < 1.29 is 4.79 Å². The zero-order chi connectivity index (χ0) is 9.97. The van der Waals surface area contributed by atoms with Gasteiger partial charge in [-0.15, -0.1) is 0 Å². The van der Waals surface area contributed by atoms with E-state index >= 15 is 0 Å². The molecule has 3 heteroatoms. The van der Waals surface area contributed by atoms with Crippen LogP contribution in [0.25, 0.3) is 0 Å². The summed E-state index contributed by atoms with van der Waals surface area (Å²) in [5, 5.41) is 2.99. The van der Waals surface area contributed by atoms with Crippen LogP contribution >= 0.6 is 0 Å². The minimum Gasteiger partial charge on any atom is -0.353 e. The molecule has 0 spiro atoms. The fourth-order valence-electron chi connectivity index (χ4n) is 2.28. The van der Waals surface area contributed by atoms with Crippen LogP contribution < -0.4 is 11.1 Å². The van der Waals surface area contributed by atoms with E-state index in [0.717, 1.165) is 12.8 Å². The van der Waals surface area contributed by atoms with Crippen molar-refractivity contribution in [2.45, 2.75) is 57.0 Å². The Morgan fingerprint density at radius 3 is 2.50 bits per heavy atom. The van der Waals surface area contributed by atoms with E-state index in [2.05, 4.69) is 5.32 Å². The van der Waals surface area contributed by atoms with Gasteiger partial charge in [0.25, 0.3) is 0 Å². The smallest absolute Gasteiger partial charge is 0.221 e. The van der Waals surface area contributed by atoms with Gasteiger partial charge in [-0.25, -0.2) is 0 Å². The van der Waals surface area contributed by atoms with E-state index < -0.39 is 0 Å². The van der Waals surface area contributed by atoms with Crippen molar-refractivity contribution in [3.05, 3.63) is 0 Å². The summed E-state index contributed by atoms with van der Waals surface area (Å²) in [6.45, 7) is 0. The first-order valence-electron chi connectivity index (χ1n) is 5.80. The van der Waals surface area contributed by atoms with E-state index in [1.54, 1.807) is 0 Å². The fourth-order valence-corrected chi connectivity index (χ4v) is 2.28. The molecule has 1 atom stereocenters. The minimum absolute atomic E-state index is 0.0937. The molecule has 2 fully saturated rings. The molecule has 3 N–H and O–H groups in total. The average Bonchev–Trinajstić information content (AvgIpc) is 2.80. The number of carbonyl (C=O) groups excluding carboxylic acids is 1. The van der Waals surface area contributed by atoms with Crippen molar-refractivity contribution in [1.29, 1.82) is 0 Å². The molecule has 0 aliphatic heterocycles. The first kappa shape index (κ1) is 9.97. The van der Waals surface area contributed by atoms with E-state index in [1.807, 2.05) is 0 Å². The summed E-state index contributed by atoms with van der Waals surface area (Å²) in [5.74, 6) is 0.756. The quantitative estimate of drug-likeness (QED) is 0.709. The van der Waals surface area contributed by atoms with Crippen molar-refractivity contribution in [2.24, 2.45) is 11.7 Å². The van der Waals surface area contributed by atoms with Crippen LogP contribution in [0.5, 0.6) is 0 Å². The zero-order valence-corrected chi connectivity index (χ0v) is 8.67. The van der Waals surface area contributed by atoms with Gasteiger partial charge in [-0.2, -0.15) is 0 Å². The van der Waals surface area contributed by atoms with E-state index in [-0.39, 0.29) is 11.9 Å². The van der Waals surface area contributed by atoms with Gasteiger partial charge < -0.3 is 11.1 Å². The van der Waals surface area contributed by atoms with Gasteiger partial charge in [0.2, 0.25) is 5.91 Å². The molecule has 2 aliphatic carbocycles. The summed E-state index contributed by atoms with van der Waals surface area (Å²) in [6, 6.07) is 0.564. The fraction of sp³-hybridized carbons (Fsp3) is 0.909. The lowest BCUT2D eigenvalue weighted by Crippen LogP contribution is -2.36. The molecule has 14 heavy (non-hydrogen) atoms. The Bertz CT molecular complexity index is 207. The van der Waals surface area contributed by atoms with Crippen LogP contribution in [-0.4, -0.2) is 18.0 Å². The molecule has 2 saturated carbocycles. The third-order valence-electron chi connectivity index (χ3n) is 3.37. The van der Waals surface area contributed by atoms with E-state index in [0.29, 0.717) is 18.4 Å². The van der Waals surface area contributed by atoms with E-state index in [4.69, 9.17) is 5.73 Å². The van der Waals surface area contributed by atoms with Crippen molar-refractivity contribution in [2.75, 3.05) is 0 Å². The van der Waals surface area contributed by atoms with Gasteiger partial charge in [0.15, 0.2) is 0 Å². The Hall–Kier alpha value is -0.570. The van der Waals surface area contributed by atoms with Gasteiger partial charge in [0, 0.05) is 18.5 Å². The Labute approximate surface area is 85.4 Å². The van der Waals surface area contributed by atoms with Crippen LogP contribution in [0.2, 0.25) is 0 Å². The molecule has 0 saturated heterocycles. The van der Waals surface area contributed by atoms with E-state index in [1.165, 1.54) is 25.7 Å². The first-order chi connectivity index (χ1) is 6.75. The van der Waals surface area contributed by atoms with Gasteiger partial charge in [0.05, 0.1) is 0 Å². The van der Waals surface area contributed by atoms with Crippen LogP contribution in [0.4, 0.5) is 0 Å².